The first-order valence-electron chi connectivity index (χ1n) is 4.75. The number of rotatable bonds is 2. The molecule has 2 rings (SSSR count). The summed E-state index contributed by atoms with van der Waals surface area (Å²) in [4.78, 5) is 0. The van der Waals surface area contributed by atoms with Gasteiger partial charge in [0, 0.05) is 0 Å². The molecule has 2 aliphatic carbocycles. The number of fused-ring (bicyclic) bond motifs is 2. The summed E-state index contributed by atoms with van der Waals surface area (Å²) in [5.41, 5.74) is 11.4. The molecule has 2 bridgehead atoms. The van der Waals surface area contributed by atoms with Gasteiger partial charge in [0.05, 0.1) is 0 Å². The summed E-state index contributed by atoms with van der Waals surface area (Å²) in [6, 6.07) is 0. The molecule has 0 aromatic carbocycles. The summed E-state index contributed by atoms with van der Waals surface area (Å²) in [6.45, 7) is 1.80. The quantitative estimate of drug-likeness (QED) is 0.611. The Morgan fingerprint density at radius 2 is 1.27 bits per heavy atom. The zero-order valence-electron chi connectivity index (χ0n) is 7.00. The highest BCUT2D eigenvalue weighted by Crippen LogP contribution is 2.50. The van der Waals surface area contributed by atoms with Crippen LogP contribution in [0.4, 0.5) is 0 Å². The molecule has 2 saturated carbocycles. The fourth-order valence-electron chi connectivity index (χ4n) is 3.09. The van der Waals surface area contributed by atoms with E-state index in [4.69, 9.17) is 11.5 Å². The van der Waals surface area contributed by atoms with Crippen LogP contribution in [0.5, 0.6) is 0 Å². The predicted molar refractivity (Wildman–Crippen MR) is 45.9 cm³/mol. The van der Waals surface area contributed by atoms with Crippen LogP contribution < -0.4 is 11.5 Å². The number of hydrogen-bond acceptors (Lipinski definition) is 2. The summed E-state index contributed by atoms with van der Waals surface area (Å²) in [6.07, 6.45) is 4.15. The third kappa shape index (κ3) is 1.09. The van der Waals surface area contributed by atoms with E-state index in [0.717, 1.165) is 36.8 Å². The van der Waals surface area contributed by atoms with Crippen LogP contribution in [0.15, 0.2) is 0 Å². The van der Waals surface area contributed by atoms with Gasteiger partial charge in [0.15, 0.2) is 0 Å². The Morgan fingerprint density at radius 3 is 1.55 bits per heavy atom. The van der Waals surface area contributed by atoms with Crippen LogP contribution in [0.3, 0.4) is 0 Å². The fraction of sp³-hybridized carbons (Fsp3) is 1.00. The molecule has 2 nitrogen and oxygen atoms in total. The molecule has 4 atom stereocenters. The third-order valence-corrected chi connectivity index (χ3v) is 3.76. The molecule has 0 amide bonds. The van der Waals surface area contributed by atoms with Gasteiger partial charge in [-0.3, -0.25) is 0 Å². The van der Waals surface area contributed by atoms with Gasteiger partial charge in [0.25, 0.3) is 0 Å². The van der Waals surface area contributed by atoms with E-state index in [1.54, 1.807) is 0 Å². The minimum Gasteiger partial charge on any atom is -0.330 e. The first kappa shape index (κ1) is 7.56. The third-order valence-electron chi connectivity index (χ3n) is 3.76. The molecule has 2 heteroatoms. The molecule has 0 radical (unpaired) electrons. The van der Waals surface area contributed by atoms with Crippen LogP contribution >= 0.6 is 0 Å². The lowest BCUT2D eigenvalue weighted by atomic mass is 9.82. The second-order valence-electron chi connectivity index (χ2n) is 4.22. The summed E-state index contributed by atoms with van der Waals surface area (Å²) >= 11 is 0. The van der Waals surface area contributed by atoms with Gasteiger partial charge >= 0.3 is 0 Å². The Labute approximate surface area is 68.3 Å². The van der Waals surface area contributed by atoms with Crippen molar-refractivity contribution in [2.24, 2.45) is 35.1 Å². The summed E-state index contributed by atoms with van der Waals surface area (Å²) in [5, 5.41) is 0. The Kier molecular flexibility index (Phi) is 1.90. The average molecular weight is 154 g/mol. The van der Waals surface area contributed by atoms with Crippen molar-refractivity contribution in [3.63, 3.8) is 0 Å². The van der Waals surface area contributed by atoms with Crippen molar-refractivity contribution in [2.45, 2.75) is 19.3 Å². The van der Waals surface area contributed by atoms with E-state index in [9.17, 15) is 0 Å². The molecule has 2 aliphatic rings. The Morgan fingerprint density at radius 1 is 0.818 bits per heavy atom. The molecule has 0 spiro atoms. The van der Waals surface area contributed by atoms with Gasteiger partial charge in [0.2, 0.25) is 0 Å². The second kappa shape index (κ2) is 2.76. The summed E-state index contributed by atoms with van der Waals surface area (Å²) in [5.74, 6) is 3.53. The van der Waals surface area contributed by atoms with Gasteiger partial charge in [-0.25, -0.2) is 0 Å². The van der Waals surface area contributed by atoms with Crippen LogP contribution in [0, 0.1) is 23.7 Å². The van der Waals surface area contributed by atoms with E-state index in [-0.39, 0.29) is 0 Å². The van der Waals surface area contributed by atoms with E-state index in [0.29, 0.717) is 0 Å². The number of hydrogen-bond donors (Lipinski definition) is 2. The lowest BCUT2D eigenvalue weighted by Crippen LogP contribution is -2.27. The zero-order chi connectivity index (χ0) is 7.84. The van der Waals surface area contributed by atoms with Gasteiger partial charge < -0.3 is 11.5 Å². The monoisotopic (exact) mass is 154 g/mol. The summed E-state index contributed by atoms with van der Waals surface area (Å²) in [7, 11) is 0. The minimum atomic E-state index is 0.836. The first-order chi connectivity index (χ1) is 5.35. The van der Waals surface area contributed by atoms with Gasteiger partial charge in [-0.2, -0.15) is 0 Å². The van der Waals surface area contributed by atoms with Crippen LogP contribution in [-0.2, 0) is 0 Å². The van der Waals surface area contributed by atoms with E-state index >= 15 is 0 Å². The normalized spacial score (nSPS) is 48.5. The highest BCUT2D eigenvalue weighted by molar-refractivity contribution is 4.95. The zero-order valence-corrected chi connectivity index (χ0v) is 7.00. The van der Waals surface area contributed by atoms with Crippen LogP contribution in [0.2, 0.25) is 0 Å². The molecule has 0 saturated heterocycles. The lowest BCUT2D eigenvalue weighted by molar-refractivity contribution is 0.267. The smallest absolute Gasteiger partial charge is 0.00461 e. The van der Waals surface area contributed by atoms with E-state index in [2.05, 4.69) is 0 Å². The Hall–Kier alpha value is -0.0800. The first-order valence-corrected chi connectivity index (χ1v) is 4.75. The van der Waals surface area contributed by atoms with Crippen molar-refractivity contribution < 1.29 is 0 Å². The van der Waals surface area contributed by atoms with Gasteiger partial charge in [0.1, 0.15) is 0 Å². The van der Waals surface area contributed by atoms with Crippen molar-refractivity contribution in [1.82, 2.24) is 0 Å². The highest BCUT2D eigenvalue weighted by atomic mass is 14.6. The molecule has 0 aromatic heterocycles. The maximum absolute atomic E-state index is 5.68. The maximum Gasteiger partial charge on any atom is -0.00461 e. The molecular weight excluding hydrogens is 136 g/mol. The largest absolute Gasteiger partial charge is 0.330 e. The van der Waals surface area contributed by atoms with Crippen molar-refractivity contribution in [3.05, 3.63) is 0 Å². The molecule has 64 valence electrons. The second-order valence-corrected chi connectivity index (χ2v) is 4.22. The van der Waals surface area contributed by atoms with Gasteiger partial charge in [-0.05, 0) is 56.0 Å². The summed E-state index contributed by atoms with van der Waals surface area (Å²) < 4.78 is 0. The lowest BCUT2D eigenvalue weighted by Gasteiger charge is -2.25. The standard InChI is InChI=1S/C9H18N2/c10-4-8-2-6-1-7(8)3-9(6)5-11/h6-9H,1-5,10-11H2/t6-,7-,8-,9+/m1/s1. The molecule has 0 aliphatic heterocycles. The Bertz CT molecular complexity index is 130. The van der Waals surface area contributed by atoms with Crippen LogP contribution in [-0.4, -0.2) is 13.1 Å². The molecule has 2 fully saturated rings. The van der Waals surface area contributed by atoms with Crippen molar-refractivity contribution >= 4 is 0 Å². The fourth-order valence-corrected chi connectivity index (χ4v) is 3.09. The molecule has 0 heterocycles. The topological polar surface area (TPSA) is 52.0 Å². The highest BCUT2D eigenvalue weighted by Gasteiger charge is 2.44. The van der Waals surface area contributed by atoms with E-state index < -0.39 is 0 Å². The SMILES string of the molecule is NC[C@@H]1C[C@H]2C[C@@H]1C[C@@H]2CN. The molecule has 0 unspecified atom stereocenters. The van der Waals surface area contributed by atoms with E-state index in [1.807, 2.05) is 0 Å². The van der Waals surface area contributed by atoms with Crippen LogP contribution in [0.25, 0.3) is 0 Å². The van der Waals surface area contributed by atoms with Gasteiger partial charge in [-0.15, -0.1) is 0 Å². The molecular formula is C9H18N2. The Balaban J connectivity index is 1.97. The van der Waals surface area contributed by atoms with Crippen molar-refractivity contribution in [3.8, 4) is 0 Å². The van der Waals surface area contributed by atoms with Crippen molar-refractivity contribution in [1.29, 1.82) is 0 Å². The minimum absolute atomic E-state index is 0.836. The van der Waals surface area contributed by atoms with Crippen molar-refractivity contribution in [2.75, 3.05) is 13.1 Å². The van der Waals surface area contributed by atoms with E-state index in [1.165, 1.54) is 19.3 Å². The van der Waals surface area contributed by atoms with Gasteiger partial charge in [-0.1, -0.05) is 0 Å². The number of nitrogens with two attached hydrogens (primary N) is 2. The molecule has 11 heavy (non-hydrogen) atoms. The maximum atomic E-state index is 5.68. The molecule has 4 N–H and O–H groups in total. The average Bonchev–Trinajstić information content (AvgIpc) is 2.60. The van der Waals surface area contributed by atoms with Crippen LogP contribution in [0.1, 0.15) is 19.3 Å². The predicted octanol–water partition coefficient (Wildman–Crippen LogP) is 0.566. The molecule has 0 aromatic rings.